The fraction of sp³-hybridized carbons (Fsp3) is 0.615. The molecule has 1 saturated carbocycles. The molecule has 1 unspecified atom stereocenters. The van der Waals surface area contributed by atoms with Crippen LogP contribution >= 0.6 is 0 Å². The van der Waals surface area contributed by atoms with Crippen LogP contribution in [0.1, 0.15) is 33.1 Å². The van der Waals surface area contributed by atoms with E-state index in [1.54, 1.807) is 6.20 Å². The Labute approximate surface area is 112 Å². The van der Waals surface area contributed by atoms with Crippen LogP contribution in [0.5, 0.6) is 0 Å². The summed E-state index contributed by atoms with van der Waals surface area (Å²) in [6, 6.07) is 0.441. The summed E-state index contributed by atoms with van der Waals surface area (Å²) < 4.78 is 0. The molecule has 2 aromatic heterocycles. The number of aromatic nitrogens is 4. The number of rotatable bonds is 5. The highest BCUT2D eigenvalue weighted by molar-refractivity contribution is 5.87. The van der Waals surface area contributed by atoms with Gasteiger partial charge < -0.3 is 10.6 Å². The van der Waals surface area contributed by atoms with E-state index >= 15 is 0 Å². The first-order valence-electron chi connectivity index (χ1n) is 6.99. The minimum Gasteiger partial charge on any atom is -0.367 e. The third kappa shape index (κ3) is 2.34. The fourth-order valence-corrected chi connectivity index (χ4v) is 2.46. The molecule has 6 heteroatoms. The van der Waals surface area contributed by atoms with Crippen LogP contribution in [0.25, 0.3) is 11.0 Å². The summed E-state index contributed by atoms with van der Waals surface area (Å²) in [7, 11) is 0. The second kappa shape index (κ2) is 5.03. The molecular formula is C13H20N6. The zero-order valence-electron chi connectivity index (χ0n) is 11.4. The Hall–Kier alpha value is -1.85. The molecule has 19 heavy (non-hydrogen) atoms. The van der Waals surface area contributed by atoms with Gasteiger partial charge in [0.25, 0.3) is 0 Å². The monoisotopic (exact) mass is 260 g/mol. The summed E-state index contributed by atoms with van der Waals surface area (Å²) in [5.41, 5.74) is 0.772. The van der Waals surface area contributed by atoms with Gasteiger partial charge in [-0.1, -0.05) is 6.42 Å². The number of fused-ring (bicyclic) bond motifs is 1. The van der Waals surface area contributed by atoms with Crippen LogP contribution in [-0.2, 0) is 0 Å². The van der Waals surface area contributed by atoms with Gasteiger partial charge in [-0.2, -0.15) is 15.1 Å². The summed E-state index contributed by atoms with van der Waals surface area (Å²) in [5, 5.41) is 14.6. The van der Waals surface area contributed by atoms with Gasteiger partial charge in [0.2, 0.25) is 5.95 Å². The molecule has 1 aliphatic carbocycles. The topological polar surface area (TPSA) is 78.5 Å². The molecule has 0 saturated heterocycles. The molecule has 0 aromatic carbocycles. The van der Waals surface area contributed by atoms with Crippen LogP contribution < -0.4 is 10.6 Å². The number of nitrogens with one attached hydrogen (secondary N) is 3. The number of anilines is 2. The molecule has 102 valence electrons. The Bertz CT molecular complexity index is 559. The van der Waals surface area contributed by atoms with E-state index in [0.29, 0.717) is 12.0 Å². The van der Waals surface area contributed by atoms with E-state index in [9.17, 15) is 0 Å². The van der Waals surface area contributed by atoms with Gasteiger partial charge in [-0.25, -0.2) is 0 Å². The van der Waals surface area contributed by atoms with E-state index in [2.05, 4.69) is 37.7 Å². The number of H-pyrrole nitrogens is 1. The van der Waals surface area contributed by atoms with Crippen molar-refractivity contribution in [1.82, 2.24) is 20.2 Å². The Balaban J connectivity index is 1.88. The van der Waals surface area contributed by atoms with Crippen molar-refractivity contribution >= 4 is 22.8 Å². The number of aromatic amines is 1. The van der Waals surface area contributed by atoms with Crippen molar-refractivity contribution in [3.05, 3.63) is 6.20 Å². The quantitative estimate of drug-likeness (QED) is 0.769. The van der Waals surface area contributed by atoms with Gasteiger partial charge in [-0.3, -0.25) is 5.10 Å². The molecule has 0 amide bonds. The number of hydrogen-bond donors (Lipinski definition) is 3. The molecule has 3 rings (SSSR count). The van der Waals surface area contributed by atoms with Gasteiger partial charge in [0, 0.05) is 12.6 Å². The highest BCUT2D eigenvalue weighted by atomic mass is 15.2. The summed E-state index contributed by atoms with van der Waals surface area (Å²) in [6.45, 7) is 5.06. The lowest BCUT2D eigenvalue weighted by Gasteiger charge is -2.32. The maximum absolute atomic E-state index is 4.55. The average Bonchev–Trinajstić information content (AvgIpc) is 2.75. The molecule has 0 aliphatic heterocycles. The second-order valence-electron chi connectivity index (χ2n) is 5.18. The SMILES string of the molecule is CCNc1nc(NC(C)C2CCC2)c2cn[nH]c2n1. The molecule has 0 spiro atoms. The van der Waals surface area contributed by atoms with Crippen molar-refractivity contribution in [2.24, 2.45) is 5.92 Å². The summed E-state index contributed by atoms with van der Waals surface area (Å²) >= 11 is 0. The van der Waals surface area contributed by atoms with Crippen molar-refractivity contribution in [1.29, 1.82) is 0 Å². The second-order valence-corrected chi connectivity index (χ2v) is 5.18. The first-order chi connectivity index (χ1) is 9.28. The third-order valence-corrected chi connectivity index (χ3v) is 3.87. The fourth-order valence-electron chi connectivity index (χ4n) is 2.46. The van der Waals surface area contributed by atoms with Gasteiger partial charge >= 0.3 is 0 Å². The number of hydrogen-bond acceptors (Lipinski definition) is 5. The van der Waals surface area contributed by atoms with Crippen molar-refractivity contribution < 1.29 is 0 Å². The summed E-state index contributed by atoms with van der Waals surface area (Å²) in [5.74, 6) is 2.27. The van der Waals surface area contributed by atoms with E-state index < -0.39 is 0 Å². The van der Waals surface area contributed by atoms with E-state index in [-0.39, 0.29) is 0 Å². The minimum atomic E-state index is 0.441. The molecular weight excluding hydrogens is 240 g/mol. The lowest BCUT2D eigenvalue weighted by atomic mass is 9.80. The van der Waals surface area contributed by atoms with Gasteiger partial charge in [0.1, 0.15) is 5.82 Å². The first kappa shape index (κ1) is 12.2. The van der Waals surface area contributed by atoms with E-state index in [1.807, 2.05) is 6.92 Å². The van der Waals surface area contributed by atoms with Gasteiger partial charge in [-0.15, -0.1) is 0 Å². The molecule has 6 nitrogen and oxygen atoms in total. The molecule has 2 heterocycles. The highest BCUT2D eigenvalue weighted by Crippen LogP contribution is 2.31. The van der Waals surface area contributed by atoms with Crippen LogP contribution in [0, 0.1) is 5.92 Å². The third-order valence-electron chi connectivity index (χ3n) is 3.87. The highest BCUT2D eigenvalue weighted by Gasteiger charge is 2.24. The van der Waals surface area contributed by atoms with Crippen LogP contribution in [0.4, 0.5) is 11.8 Å². The lowest BCUT2D eigenvalue weighted by molar-refractivity contribution is 0.285. The largest absolute Gasteiger partial charge is 0.367 e. The Morgan fingerprint density at radius 2 is 2.26 bits per heavy atom. The molecule has 2 aromatic rings. The Morgan fingerprint density at radius 1 is 1.42 bits per heavy atom. The van der Waals surface area contributed by atoms with Crippen molar-refractivity contribution in [2.75, 3.05) is 17.2 Å². The molecule has 0 bridgehead atoms. The minimum absolute atomic E-state index is 0.441. The Kier molecular flexibility index (Phi) is 3.23. The van der Waals surface area contributed by atoms with Crippen LogP contribution in [0.3, 0.4) is 0 Å². The van der Waals surface area contributed by atoms with Crippen molar-refractivity contribution in [3.8, 4) is 0 Å². The average molecular weight is 260 g/mol. The van der Waals surface area contributed by atoms with Crippen molar-refractivity contribution in [2.45, 2.75) is 39.2 Å². The maximum Gasteiger partial charge on any atom is 0.226 e. The molecule has 1 fully saturated rings. The molecule has 1 aliphatic rings. The zero-order chi connectivity index (χ0) is 13.2. The van der Waals surface area contributed by atoms with Gasteiger partial charge in [0.15, 0.2) is 5.65 Å². The first-order valence-corrected chi connectivity index (χ1v) is 6.99. The molecule has 0 radical (unpaired) electrons. The van der Waals surface area contributed by atoms with Crippen LogP contribution in [-0.4, -0.2) is 32.8 Å². The van der Waals surface area contributed by atoms with E-state index in [0.717, 1.165) is 29.3 Å². The standard InChI is InChI=1S/C13H20N6/c1-3-14-13-17-11(10-7-15-19-12(10)18-13)16-8(2)9-5-4-6-9/h7-9H,3-6H2,1-2H3,(H3,14,15,16,17,18,19). The Morgan fingerprint density at radius 3 is 2.95 bits per heavy atom. The molecule has 1 atom stereocenters. The van der Waals surface area contributed by atoms with E-state index in [1.165, 1.54) is 19.3 Å². The van der Waals surface area contributed by atoms with Gasteiger partial charge in [0.05, 0.1) is 11.6 Å². The van der Waals surface area contributed by atoms with Crippen molar-refractivity contribution in [3.63, 3.8) is 0 Å². The molecule has 3 N–H and O–H groups in total. The van der Waals surface area contributed by atoms with E-state index in [4.69, 9.17) is 0 Å². The van der Waals surface area contributed by atoms with Crippen LogP contribution in [0.2, 0.25) is 0 Å². The predicted octanol–water partition coefficient (Wildman–Crippen LogP) is 2.39. The normalized spacial score (nSPS) is 17.2. The zero-order valence-corrected chi connectivity index (χ0v) is 11.4. The lowest BCUT2D eigenvalue weighted by Crippen LogP contribution is -2.31. The summed E-state index contributed by atoms with van der Waals surface area (Å²) in [4.78, 5) is 8.94. The number of nitrogens with zero attached hydrogens (tertiary/aromatic N) is 3. The predicted molar refractivity (Wildman–Crippen MR) is 76.3 cm³/mol. The smallest absolute Gasteiger partial charge is 0.226 e. The van der Waals surface area contributed by atoms with Crippen LogP contribution in [0.15, 0.2) is 6.20 Å². The maximum atomic E-state index is 4.55. The van der Waals surface area contributed by atoms with Gasteiger partial charge in [-0.05, 0) is 32.6 Å². The summed E-state index contributed by atoms with van der Waals surface area (Å²) in [6.07, 6.45) is 5.76.